The van der Waals surface area contributed by atoms with Crippen LogP contribution in [0.5, 0.6) is 0 Å². The molecule has 1 aliphatic heterocycles. The fraction of sp³-hybridized carbons (Fsp3) is 0.333. The Balaban J connectivity index is 1.65. The van der Waals surface area contributed by atoms with Gasteiger partial charge >= 0.3 is 5.97 Å². The SMILES string of the molecule is C[C@@H](OC(=O)CCCN1C(=O)c2cccc3cccc(c23)C1=O)C(=O)N(C)C. The predicted molar refractivity (Wildman–Crippen MR) is 103 cm³/mol. The number of carbonyl (C=O) groups excluding carboxylic acids is 4. The number of amides is 3. The lowest BCUT2D eigenvalue weighted by Gasteiger charge is -2.27. The van der Waals surface area contributed by atoms with Crippen molar-refractivity contribution in [1.82, 2.24) is 9.80 Å². The number of hydrogen-bond acceptors (Lipinski definition) is 5. The molecule has 28 heavy (non-hydrogen) atoms. The number of benzene rings is 2. The second-order valence-electron chi connectivity index (χ2n) is 6.94. The van der Waals surface area contributed by atoms with Gasteiger partial charge in [-0.05, 0) is 30.9 Å². The first kappa shape index (κ1) is 19.5. The summed E-state index contributed by atoms with van der Waals surface area (Å²) in [4.78, 5) is 51.8. The number of ether oxygens (including phenoxy) is 1. The molecular weight excluding hydrogens is 360 g/mol. The molecule has 146 valence electrons. The monoisotopic (exact) mass is 382 g/mol. The third-order valence-corrected chi connectivity index (χ3v) is 4.72. The first-order valence-corrected chi connectivity index (χ1v) is 9.10. The van der Waals surface area contributed by atoms with Crippen molar-refractivity contribution in [3.63, 3.8) is 0 Å². The molecule has 2 aromatic rings. The van der Waals surface area contributed by atoms with E-state index in [0.717, 1.165) is 5.39 Å². The number of esters is 1. The molecule has 1 aliphatic rings. The molecule has 0 saturated carbocycles. The molecular formula is C21H22N2O5. The lowest BCUT2D eigenvalue weighted by atomic mass is 9.94. The molecule has 2 aromatic carbocycles. The zero-order valence-corrected chi connectivity index (χ0v) is 16.1. The summed E-state index contributed by atoms with van der Waals surface area (Å²) in [5, 5.41) is 1.52. The number of rotatable bonds is 6. The Kier molecular flexibility index (Phi) is 5.44. The minimum atomic E-state index is -0.870. The van der Waals surface area contributed by atoms with Crippen LogP contribution in [0.15, 0.2) is 36.4 Å². The summed E-state index contributed by atoms with van der Waals surface area (Å²) >= 11 is 0. The fourth-order valence-electron chi connectivity index (χ4n) is 3.34. The summed E-state index contributed by atoms with van der Waals surface area (Å²) in [6.07, 6.45) is -0.601. The molecule has 0 bridgehead atoms. The van der Waals surface area contributed by atoms with Crippen LogP contribution in [-0.2, 0) is 14.3 Å². The van der Waals surface area contributed by atoms with E-state index in [1.54, 1.807) is 38.4 Å². The molecule has 0 aliphatic carbocycles. The van der Waals surface area contributed by atoms with E-state index in [-0.39, 0.29) is 37.1 Å². The molecule has 3 amide bonds. The van der Waals surface area contributed by atoms with E-state index in [2.05, 4.69) is 0 Å². The largest absolute Gasteiger partial charge is 0.453 e. The highest BCUT2D eigenvalue weighted by Gasteiger charge is 2.32. The van der Waals surface area contributed by atoms with E-state index in [9.17, 15) is 19.2 Å². The molecule has 0 saturated heterocycles. The molecule has 0 unspecified atom stereocenters. The second-order valence-corrected chi connectivity index (χ2v) is 6.94. The summed E-state index contributed by atoms with van der Waals surface area (Å²) in [6, 6.07) is 10.7. The zero-order valence-electron chi connectivity index (χ0n) is 16.1. The van der Waals surface area contributed by atoms with Crippen LogP contribution in [0, 0.1) is 0 Å². The van der Waals surface area contributed by atoms with Gasteiger partial charge in [-0.15, -0.1) is 0 Å². The Bertz CT molecular complexity index is 916. The van der Waals surface area contributed by atoms with E-state index in [1.165, 1.54) is 16.7 Å². The maximum atomic E-state index is 12.8. The van der Waals surface area contributed by atoms with Crippen molar-refractivity contribution in [2.24, 2.45) is 0 Å². The number of carbonyl (C=O) groups is 4. The molecule has 7 heteroatoms. The highest BCUT2D eigenvalue weighted by Crippen LogP contribution is 2.30. The maximum Gasteiger partial charge on any atom is 0.306 e. The number of nitrogens with zero attached hydrogens (tertiary/aromatic N) is 2. The van der Waals surface area contributed by atoms with E-state index in [1.807, 2.05) is 12.1 Å². The smallest absolute Gasteiger partial charge is 0.306 e. The third-order valence-electron chi connectivity index (χ3n) is 4.72. The summed E-state index contributed by atoms with van der Waals surface area (Å²) in [6.45, 7) is 1.61. The van der Waals surface area contributed by atoms with Crippen LogP contribution in [0.1, 0.15) is 40.5 Å². The van der Waals surface area contributed by atoms with Crippen molar-refractivity contribution >= 4 is 34.5 Å². The third kappa shape index (κ3) is 3.60. The van der Waals surface area contributed by atoms with Gasteiger partial charge in [0.1, 0.15) is 0 Å². The van der Waals surface area contributed by atoms with Crippen LogP contribution in [0.4, 0.5) is 0 Å². The topological polar surface area (TPSA) is 84.0 Å². The highest BCUT2D eigenvalue weighted by molar-refractivity contribution is 6.25. The van der Waals surface area contributed by atoms with Crippen molar-refractivity contribution in [1.29, 1.82) is 0 Å². The van der Waals surface area contributed by atoms with Crippen LogP contribution in [0.25, 0.3) is 10.8 Å². The second kappa shape index (κ2) is 7.80. The van der Waals surface area contributed by atoms with E-state index >= 15 is 0 Å². The van der Waals surface area contributed by atoms with Gasteiger partial charge in [0.15, 0.2) is 6.10 Å². The van der Waals surface area contributed by atoms with Crippen LogP contribution in [0.3, 0.4) is 0 Å². The molecule has 3 rings (SSSR count). The van der Waals surface area contributed by atoms with Crippen LogP contribution in [0.2, 0.25) is 0 Å². The number of imide groups is 1. The van der Waals surface area contributed by atoms with Gasteiger partial charge in [0.05, 0.1) is 0 Å². The number of likely N-dealkylation sites (N-methyl/N-ethyl adjacent to an activating group) is 1. The van der Waals surface area contributed by atoms with Gasteiger partial charge < -0.3 is 9.64 Å². The Morgan fingerprint density at radius 1 is 1.04 bits per heavy atom. The minimum absolute atomic E-state index is 0.00789. The van der Waals surface area contributed by atoms with Crippen molar-refractivity contribution in [2.75, 3.05) is 20.6 Å². The molecule has 0 aromatic heterocycles. The zero-order chi connectivity index (χ0) is 20.4. The predicted octanol–water partition coefficient (Wildman–Crippen LogP) is 2.24. The summed E-state index contributed by atoms with van der Waals surface area (Å²) in [5.41, 5.74) is 0.973. The van der Waals surface area contributed by atoms with Crippen molar-refractivity contribution in [2.45, 2.75) is 25.9 Å². The number of hydrogen-bond donors (Lipinski definition) is 0. The Hall–Kier alpha value is -3.22. The summed E-state index contributed by atoms with van der Waals surface area (Å²) < 4.78 is 5.10. The van der Waals surface area contributed by atoms with E-state index in [0.29, 0.717) is 16.5 Å². The van der Waals surface area contributed by atoms with Crippen LogP contribution < -0.4 is 0 Å². The molecule has 1 atom stereocenters. The molecule has 1 heterocycles. The van der Waals surface area contributed by atoms with Crippen molar-refractivity contribution in [3.8, 4) is 0 Å². The molecule has 0 radical (unpaired) electrons. The summed E-state index contributed by atoms with van der Waals surface area (Å²) in [7, 11) is 3.16. The van der Waals surface area contributed by atoms with Gasteiger partial charge in [0.25, 0.3) is 17.7 Å². The first-order chi connectivity index (χ1) is 13.3. The van der Waals surface area contributed by atoms with Gasteiger partial charge in [-0.2, -0.15) is 0 Å². The van der Waals surface area contributed by atoms with Gasteiger partial charge in [0, 0.05) is 43.6 Å². The minimum Gasteiger partial charge on any atom is -0.453 e. The van der Waals surface area contributed by atoms with Crippen molar-refractivity contribution in [3.05, 3.63) is 47.5 Å². The van der Waals surface area contributed by atoms with Gasteiger partial charge in [-0.3, -0.25) is 24.1 Å². The van der Waals surface area contributed by atoms with Crippen molar-refractivity contribution < 1.29 is 23.9 Å². The Morgan fingerprint density at radius 2 is 1.61 bits per heavy atom. The molecule has 0 N–H and O–H groups in total. The van der Waals surface area contributed by atoms with E-state index < -0.39 is 12.1 Å². The lowest BCUT2D eigenvalue weighted by Crippen LogP contribution is -2.41. The Labute approximate surface area is 162 Å². The summed E-state index contributed by atoms with van der Waals surface area (Å²) in [5.74, 6) is -1.57. The highest BCUT2D eigenvalue weighted by atomic mass is 16.5. The average Bonchev–Trinajstić information content (AvgIpc) is 2.67. The van der Waals surface area contributed by atoms with Gasteiger partial charge in [0.2, 0.25) is 0 Å². The first-order valence-electron chi connectivity index (χ1n) is 9.10. The lowest BCUT2D eigenvalue weighted by molar-refractivity contribution is -0.158. The van der Waals surface area contributed by atoms with Gasteiger partial charge in [-0.1, -0.05) is 24.3 Å². The fourth-order valence-corrected chi connectivity index (χ4v) is 3.34. The van der Waals surface area contributed by atoms with Gasteiger partial charge in [-0.25, -0.2) is 0 Å². The molecule has 7 nitrogen and oxygen atoms in total. The van der Waals surface area contributed by atoms with Crippen LogP contribution in [-0.4, -0.2) is 60.2 Å². The quantitative estimate of drug-likeness (QED) is 0.565. The maximum absolute atomic E-state index is 12.8. The standard InChI is InChI=1S/C21H22N2O5/c1-13(19(25)22(2)3)28-17(24)11-6-12-23-20(26)15-9-4-7-14-8-5-10-16(18(14)15)21(23)27/h4-5,7-10,13H,6,11-12H2,1-3H3/t13-/m1/s1. The molecule has 0 spiro atoms. The van der Waals surface area contributed by atoms with E-state index in [4.69, 9.17) is 4.74 Å². The Morgan fingerprint density at radius 3 is 2.14 bits per heavy atom. The van der Waals surface area contributed by atoms with Crippen LogP contribution >= 0.6 is 0 Å². The molecule has 0 fully saturated rings. The normalized spacial score (nSPS) is 14.2. The average molecular weight is 382 g/mol.